The van der Waals surface area contributed by atoms with E-state index in [1.807, 2.05) is 6.07 Å². The second-order valence-electron chi connectivity index (χ2n) is 7.19. The first-order chi connectivity index (χ1) is 16.0. The third-order valence-electron chi connectivity index (χ3n) is 5.07. The van der Waals surface area contributed by atoms with Gasteiger partial charge in [0.2, 0.25) is 5.91 Å². The van der Waals surface area contributed by atoms with Gasteiger partial charge < -0.3 is 15.4 Å². The minimum atomic E-state index is -0.570. The number of benzene rings is 2. The minimum Gasteiger partial charge on any atom is -0.494 e. The Hall–Kier alpha value is -4.14. The van der Waals surface area contributed by atoms with E-state index < -0.39 is 11.6 Å². The summed E-state index contributed by atoms with van der Waals surface area (Å²) in [4.78, 5) is 25.1. The van der Waals surface area contributed by atoms with Gasteiger partial charge in [0.15, 0.2) is 5.82 Å². The van der Waals surface area contributed by atoms with Crippen molar-refractivity contribution in [1.82, 2.24) is 20.3 Å². The monoisotopic (exact) mass is 449 g/mol. The molecule has 0 radical (unpaired) electrons. The SMILES string of the molecule is CNC(=O)CCNc1nc(-c2cccnc2)nc2c(OC)cc(-c3cc(F)ccc3F)cc12. The Bertz CT molecular complexity index is 1320. The molecular formula is C24H21F2N5O2. The molecule has 2 heterocycles. The number of hydrogen-bond donors (Lipinski definition) is 2. The highest BCUT2D eigenvalue weighted by Gasteiger charge is 2.17. The van der Waals surface area contributed by atoms with Gasteiger partial charge >= 0.3 is 0 Å². The molecule has 7 nitrogen and oxygen atoms in total. The van der Waals surface area contributed by atoms with Crippen LogP contribution in [0.5, 0.6) is 5.75 Å². The minimum absolute atomic E-state index is 0.0860. The van der Waals surface area contributed by atoms with Crippen LogP contribution in [0.25, 0.3) is 33.4 Å². The van der Waals surface area contributed by atoms with Crippen molar-refractivity contribution in [1.29, 1.82) is 0 Å². The Labute approximate surface area is 188 Å². The van der Waals surface area contributed by atoms with Crippen molar-refractivity contribution in [3.63, 3.8) is 0 Å². The number of anilines is 1. The summed E-state index contributed by atoms with van der Waals surface area (Å²) < 4.78 is 33.9. The molecule has 2 aromatic carbocycles. The number of aromatic nitrogens is 3. The molecule has 0 saturated carbocycles. The van der Waals surface area contributed by atoms with Crippen LogP contribution in [0.15, 0.2) is 54.9 Å². The lowest BCUT2D eigenvalue weighted by Crippen LogP contribution is -2.21. The fourth-order valence-corrected chi connectivity index (χ4v) is 3.41. The van der Waals surface area contributed by atoms with E-state index in [1.54, 1.807) is 37.6 Å². The van der Waals surface area contributed by atoms with Crippen LogP contribution in [-0.2, 0) is 4.79 Å². The number of fused-ring (bicyclic) bond motifs is 1. The molecule has 33 heavy (non-hydrogen) atoms. The number of pyridine rings is 1. The van der Waals surface area contributed by atoms with E-state index in [0.717, 1.165) is 18.2 Å². The van der Waals surface area contributed by atoms with Gasteiger partial charge in [-0.1, -0.05) is 0 Å². The summed E-state index contributed by atoms with van der Waals surface area (Å²) in [7, 11) is 3.04. The van der Waals surface area contributed by atoms with Crippen LogP contribution in [0.4, 0.5) is 14.6 Å². The quantitative estimate of drug-likeness (QED) is 0.440. The van der Waals surface area contributed by atoms with Crippen LogP contribution < -0.4 is 15.4 Å². The molecule has 0 aliphatic carbocycles. The summed E-state index contributed by atoms with van der Waals surface area (Å²) in [5.74, 6) is -0.0559. The summed E-state index contributed by atoms with van der Waals surface area (Å²) in [5.41, 5.74) is 1.66. The maximum atomic E-state index is 14.5. The molecule has 2 N–H and O–H groups in total. The molecule has 4 aromatic rings. The summed E-state index contributed by atoms with van der Waals surface area (Å²) in [6, 6.07) is 10.1. The second-order valence-corrected chi connectivity index (χ2v) is 7.19. The molecule has 0 aliphatic rings. The molecule has 9 heteroatoms. The van der Waals surface area contributed by atoms with Crippen LogP contribution >= 0.6 is 0 Å². The molecule has 4 rings (SSSR count). The van der Waals surface area contributed by atoms with Crippen LogP contribution in [0.1, 0.15) is 6.42 Å². The van der Waals surface area contributed by atoms with Crippen LogP contribution in [0.3, 0.4) is 0 Å². The van der Waals surface area contributed by atoms with Gasteiger partial charge in [0, 0.05) is 48.9 Å². The number of nitrogens with zero attached hydrogens (tertiary/aromatic N) is 3. The normalized spacial score (nSPS) is 10.8. The largest absolute Gasteiger partial charge is 0.494 e. The Morgan fingerprint density at radius 3 is 2.67 bits per heavy atom. The molecule has 168 valence electrons. The Balaban J connectivity index is 1.91. The van der Waals surface area contributed by atoms with E-state index >= 15 is 0 Å². The standard InChI is InChI=1S/C24H21F2N5O2/c1-27-21(32)7-9-29-24-18-10-15(17-12-16(25)5-6-19(17)26)11-20(33-2)22(18)30-23(31-24)14-4-3-8-28-13-14/h3-6,8,10-13H,7,9H2,1-2H3,(H,27,32)(H,29,30,31). The lowest BCUT2D eigenvalue weighted by molar-refractivity contribution is -0.120. The highest BCUT2D eigenvalue weighted by molar-refractivity contribution is 5.98. The number of rotatable bonds is 7. The Kier molecular flexibility index (Phi) is 6.39. The first-order valence-electron chi connectivity index (χ1n) is 10.2. The van der Waals surface area contributed by atoms with E-state index in [9.17, 15) is 13.6 Å². The van der Waals surface area contributed by atoms with Gasteiger partial charge in [0.05, 0.1) is 7.11 Å². The Morgan fingerprint density at radius 1 is 1.09 bits per heavy atom. The number of methoxy groups -OCH3 is 1. The molecule has 0 atom stereocenters. The molecule has 1 amide bonds. The van der Waals surface area contributed by atoms with Gasteiger partial charge in [-0.25, -0.2) is 18.7 Å². The summed E-state index contributed by atoms with van der Waals surface area (Å²) in [6.07, 6.45) is 3.51. The first kappa shape index (κ1) is 22.1. The third-order valence-corrected chi connectivity index (χ3v) is 5.07. The van der Waals surface area contributed by atoms with Crippen molar-refractivity contribution in [3.8, 4) is 28.3 Å². The summed E-state index contributed by atoms with van der Waals surface area (Å²) >= 11 is 0. The van der Waals surface area contributed by atoms with Gasteiger partial charge in [-0.05, 0) is 48.0 Å². The third kappa shape index (κ3) is 4.72. The van der Waals surface area contributed by atoms with Crippen molar-refractivity contribution in [2.24, 2.45) is 0 Å². The fraction of sp³-hybridized carbons (Fsp3) is 0.167. The number of hydrogen-bond acceptors (Lipinski definition) is 6. The average molecular weight is 449 g/mol. The lowest BCUT2D eigenvalue weighted by Gasteiger charge is -2.15. The zero-order chi connectivity index (χ0) is 23.4. The summed E-state index contributed by atoms with van der Waals surface area (Å²) in [6.45, 7) is 0.305. The summed E-state index contributed by atoms with van der Waals surface area (Å²) in [5, 5.41) is 6.27. The van der Waals surface area contributed by atoms with Gasteiger partial charge in [0.25, 0.3) is 0 Å². The molecule has 0 bridgehead atoms. The maximum Gasteiger partial charge on any atom is 0.221 e. The molecule has 0 unspecified atom stereocenters. The smallest absolute Gasteiger partial charge is 0.221 e. The molecule has 0 aliphatic heterocycles. The number of ether oxygens (including phenoxy) is 1. The number of halogens is 2. The first-order valence-corrected chi connectivity index (χ1v) is 10.2. The van der Waals surface area contributed by atoms with Crippen molar-refractivity contribution in [2.75, 3.05) is 26.0 Å². The zero-order valence-corrected chi connectivity index (χ0v) is 18.0. The van der Waals surface area contributed by atoms with Crippen molar-refractivity contribution in [2.45, 2.75) is 6.42 Å². The number of amides is 1. The van der Waals surface area contributed by atoms with E-state index in [-0.39, 0.29) is 17.9 Å². The molecule has 0 spiro atoms. The second kappa shape index (κ2) is 9.56. The van der Waals surface area contributed by atoms with Crippen LogP contribution in [0, 0.1) is 11.6 Å². The van der Waals surface area contributed by atoms with Crippen molar-refractivity contribution >= 4 is 22.6 Å². The molecular weight excluding hydrogens is 428 g/mol. The highest BCUT2D eigenvalue weighted by Crippen LogP contribution is 2.36. The number of carbonyl (C=O) groups excluding carboxylic acids is 1. The maximum absolute atomic E-state index is 14.5. The fourth-order valence-electron chi connectivity index (χ4n) is 3.41. The van der Waals surface area contributed by atoms with Crippen molar-refractivity contribution < 1.29 is 18.3 Å². The van der Waals surface area contributed by atoms with Crippen molar-refractivity contribution in [3.05, 3.63) is 66.5 Å². The average Bonchev–Trinajstić information content (AvgIpc) is 2.85. The topological polar surface area (TPSA) is 89.0 Å². The predicted octanol–water partition coefficient (Wildman–Crippen LogP) is 4.19. The van der Waals surface area contributed by atoms with Gasteiger partial charge in [-0.2, -0.15) is 0 Å². The lowest BCUT2D eigenvalue weighted by atomic mass is 10.0. The zero-order valence-electron chi connectivity index (χ0n) is 18.0. The number of nitrogens with one attached hydrogen (secondary N) is 2. The van der Waals surface area contributed by atoms with Gasteiger partial charge in [-0.15, -0.1) is 0 Å². The van der Waals surface area contributed by atoms with Gasteiger partial charge in [-0.3, -0.25) is 9.78 Å². The molecule has 0 saturated heterocycles. The number of carbonyl (C=O) groups is 1. The predicted molar refractivity (Wildman–Crippen MR) is 122 cm³/mol. The van der Waals surface area contributed by atoms with E-state index in [0.29, 0.717) is 46.0 Å². The van der Waals surface area contributed by atoms with Gasteiger partial charge in [0.1, 0.15) is 28.7 Å². The Morgan fingerprint density at radius 2 is 1.94 bits per heavy atom. The highest BCUT2D eigenvalue weighted by atomic mass is 19.1. The van der Waals surface area contributed by atoms with E-state index in [4.69, 9.17) is 4.74 Å². The van der Waals surface area contributed by atoms with E-state index in [1.165, 1.54) is 7.11 Å². The van der Waals surface area contributed by atoms with E-state index in [2.05, 4.69) is 25.6 Å². The van der Waals surface area contributed by atoms with Crippen LogP contribution in [0.2, 0.25) is 0 Å². The molecule has 0 fully saturated rings. The van der Waals surface area contributed by atoms with Crippen LogP contribution in [-0.4, -0.2) is 41.6 Å². The molecule has 2 aromatic heterocycles.